The molecule has 3 aromatic rings. The van der Waals surface area contributed by atoms with Crippen molar-refractivity contribution in [2.75, 3.05) is 12.4 Å². The zero-order chi connectivity index (χ0) is 28.3. The number of azo groups is 1. The smallest absolute Gasteiger partial charge is 0.397 e. The van der Waals surface area contributed by atoms with Gasteiger partial charge in [-0.2, -0.15) is 16.8 Å². The maximum atomic E-state index is 12.5. The van der Waals surface area contributed by atoms with Gasteiger partial charge < -0.3 is 10.2 Å². The average molecular weight is 613 g/mol. The number of phenolic OH excluding ortho intramolecular Hbond substituents is 2. The van der Waals surface area contributed by atoms with Crippen LogP contribution in [0.4, 0.5) is 11.4 Å². The summed E-state index contributed by atoms with van der Waals surface area (Å²) in [5.74, 6) is -2.46. The molecule has 0 atom stereocenters. The highest BCUT2D eigenvalue weighted by Gasteiger charge is 2.23. The minimum Gasteiger partial charge on any atom is -0.506 e. The fourth-order valence-corrected chi connectivity index (χ4v) is 5.51. The van der Waals surface area contributed by atoms with Crippen LogP contribution >= 0.6 is 12.0 Å². The van der Waals surface area contributed by atoms with E-state index in [1.54, 1.807) is 0 Å². The summed E-state index contributed by atoms with van der Waals surface area (Å²) in [4.78, 5) is -1.11. The molecule has 0 aliphatic heterocycles. The molecule has 0 radical (unpaired) electrons. The first-order chi connectivity index (χ1) is 17.6. The minimum atomic E-state index is -4.97. The first-order valence-corrected chi connectivity index (χ1v) is 14.8. The molecule has 5 N–H and O–H groups in total. The van der Waals surface area contributed by atoms with Crippen LogP contribution in [0.5, 0.6) is 11.5 Å². The Kier molecular flexibility index (Phi) is 8.93. The number of phenols is 2. The maximum absolute atomic E-state index is 12.5. The Bertz CT molecular complexity index is 1720. The summed E-state index contributed by atoms with van der Waals surface area (Å²) >= 11 is 0.535. The second kappa shape index (κ2) is 11.4. The van der Waals surface area contributed by atoms with Crippen molar-refractivity contribution in [1.82, 2.24) is 0 Å². The highest BCUT2D eigenvalue weighted by Crippen LogP contribution is 2.43. The number of hydrogen-bond acceptors (Lipinski definition) is 15. The van der Waals surface area contributed by atoms with Gasteiger partial charge in [-0.25, -0.2) is 17.9 Å². The molecule has 0 amide bonds. The van der Waals surface area contributed by atoms with Crippen molar-refractivity contribution >= 4 is 64.5 Å². The van der Waals surface area contributed by atoms with Crippen molar-refractivity contribution in [2.24, 2.45) is 10.2 Å². The van der Waals surface area contributed by atoms with Crippen LogP contribution in [-0.2, 0) is 43.9 Å². The van der Waals surface area contributed by atoms with Gasteiger partial charge in [-0.3, -0.25) is 9.11 Å². The van der Waals surface area contributed by atoms with E-state index < -0.39 is 75.4 Å². The highest BCUT2D eigenvalue weighted by atomic mass is 32.3. The Morgan fingerprint density at radius 2 is 1.61 bits per heavy atom. The van der Waals surface area contributed by atoms with Gasteiger partial charge in [0.1, 0.15) is 22.0 Å². The zero-order valence-electron chi connectivity index (χ0n) is 18.4. The molecule has 0 fully saturated rings. The monoisotopic (exact) mass is 612 g/mol. The molecule has 0 aliphatic carbocycles. The summed E-state index contributed by atoms with van der Waals surface area (Å²) in [6.45, 7) is -0.906. The summed E-state index contributed by atoms with van der Waals surface area (Å²) in [7, 11) is -14.0. The summed E-state index contributed by atoms with van der Waals surface area (Å²) in [6.07, 6.45) is 0. The molecular weight excluding hydrogens is 596 g/mol. The quantitative estimate of drug-likeness (QED) is 0.0685. The number of nitrogens with zero attached hydrogens (tertiary/aromatic N) is 2. The molecule has 20 heteroatoms. The van der Waals surface area contributed by atoms with Crippen LogP contribution in [0.25, 0.3) is 10.8 Å². The lowest BCUT2D eigenvalue weighted by Crippen LogP contribution is -2.15. The van der Waals surface area contributed by atoms with E-state index in [0.29, 0.717) is 12.0 Å². The topological polar surface area (TPSA) is 256 Å². The van der Waals surface area contributed by atoms with Crippen molar-refractivity contribution in [2.45, 2.75) is 14.7 Å². The van der Waals surface area contributed by atoms with E-state index in [1.165, 1.54) is 18.2 Å². The summed E-state index contributed by atoms with van der Waals surface area (Å²) < 4.78 is 96.2. The summed E-state index contributed by atoms with van der Waals surface area (Å²) in [6, 6.07) is 7.75. The van der Waals surface area contributed by atoms with E-state index in [4.69, 9.17) is 9.81 Å². The van der Waals surface area contributed by atoms with E-state index in [1.807, 2.05) is 0 Å². The van der Waals surface area contributed by atoms with Crippen LogP contribution in [0.3, 0.4) is 0 Å². The molecule has 0 aromatic heterocycles. The Hall–Kier alpha value is -2.92. The van der Waals surface area contributed by atoms with Crippen LogP contribution in [-0.4, -0.2) is 62.2 Å². The number of aromatic hydroxyl groups is 2. The van der Waals surface area contributed by atoms with Crippen molar-refractivity contribution < 1.29 is 63.4 Å². The zero-order valence-corrected chi connectivity index (χ0v) is 21.7. The molecular formula is C18H16N2O14S4. The Labute approximate surface area is 218 Å². The van der Waals surface area contributed by atoms with Crippen molar-refractivity contribution in [1.29, 1.82) is 0 Å². The molecule has 0 saturated heterocycles. The molecule has 3 rings (SSSR count). The van der Waals surface area contributed by atoms with Gasteiger partial charge in [0, 0.05) is 10.3 Å². The number of benzene rings is 3. The molecule has 0 spiro atoms. The van der Waals surface area contributed by atoms with Gasteiger partial charge >= 0.3 is 10.4 Å². The van der Waals surface area contributed by atoms with Crippen molar-refractivity contribution in [3.05, 3.63) is 42.5 Å². The molecule has 0 heterocycles. The second-order valence-corrected chi connectivity index (χ2v) is 12.4. The average Bonchev–Trinajstić information content (AvgIpc) is 2.80. The number of hydrogen-bond donors (Lipinski definition) is 5. The van der Waals surface area contributed by atoms with Gasteiger partial charge in [0.15, 0.2) is 15.6 Å². The Morgan fingerprint density at radius 3 is 2.24 bits per heavy atom. The normalized spacial score (nSPS) is 12.9. The standard InChI is InChI=1S/C18H16N2O14S4/c21-15-4-2-12(36(24,25)6-5-32-38(29,30)31)9-14(15)19-20-17-13-3-1-11(35-34-33-23)7-10(13)8-16(18(17)22)37(26,27)28/h1-4,7-9,21-23H,5-6H2,(H,26,27,28)(H,29,30,31). The molecule has 3 aromatic carbocycles. The van der Waals surface area contributed by atoms with E-state index in [2.05, 4.69) is 23.8 Å². The van der Waals surface area contributed by atoms with E-state index in [9.17, 15) is 40.0 Å². The van der Waals surface area contributed by atoms with E-state index >= 15 is 0 Å². The lowest BCUT2D eigenvalue weighted by atomic mass is 10.1. The molecule has 16 nitrogen and oxygen atoms in total. The van der Waals surface area contributed by atoms with E-state index in [-0.39, 0.29) is 15.7 Å². The first kappa shape index (κ1) is 29.6. The van der Waals surface area contributed by atoms with Gasteiger partial charge in [-0.05, 0) is 41.8 Å². The van der Waals surface area contributed by atoms with Crippen molar-refractivity contribution in [3.8, 4) is 11.5 Å². The third-order valence-corrected chi connectivity index (χ3v) is 8.19. The third kappa shape index (κ3) is 7.35. The van der Waals surface area contributed by atoms with Gasteiger partial charge in [-0.15, -0.1) is 14.6 Å². The third-order valence-electron chi connectivity index (χ3n) is 4.61. The second-order valence-electron chi connectivity index (χ2n) is 7.07. The highest BCUT2D eigenvalue weighted by molar-refractivity contribution is 7.94. The van der Waals surface area contributed by atoms with Gasteiger partial charge in [-0.1, -0.05) is 11.1 Å². The molecule has 0 saturated carbocycles. The Balaban J connectivity index is 2.07. The minimum absolute atomic E-state index is 0.0929. The number of rotatable bonds is 11. The molecule has 38 heavy (non-hydrogen) atoms. The maximum Gasteiger partial charge on any atom is 0.397 e. The van der Waals surface area contributed by atoms with E-state index in [0.717, 1.165) is 24.3 Å². The van der Waals surface area contributed by atoms with Gasteiger partial charge in [0.05, 0.1) is 29.3 Å². The van der Waals surface area contributed by atoms with Crippen LogP contribution in [0.15, 0.2) is 67.4 Å². The molecule has 0 bridgehead atoms. The molecule has 0 unspecified atom stereocenters. The van der Waals surface area contributed by atoms with Crippen LogP contribution < -0.4 is 0 Å². The van der Waals surface area contributed by atoms with Gasteiger partial charge in [0.2, 0.25) is 0 Å². The first-order valence-electron chi connectivity index (χ1n) is 9.64. The lowest BCUT2D eigenvalue weighted by molar-refractivity contribution is -0.432. The summed E-state index contributed by atoms with van der Waals surface area (Å²) in [5.41, 5.74) is -0.938. The summed E-state index contributed by atoms with van der Waals surface area (Å²) in [5, 5.41) is 40.1. The number of fused-ring (bicyclic) bond motifs is 1. The van der Waals surface area contributed by atoms with Crippen LogP contribution in [0.2, 0.25) is 0 Å². The number of sulfone groups is 1. The van der Waals surface area contributed by atoms with Gasteiger partial charge in [0.25, 0.3) is 10.1 Å². The van der Waals surface area contributed by atoms with Crippen molar-refractivity contribution in [3.63, 3.8) is 0 Å². The molecule has 0 aliphatic rings. The molecule has 206 valence electrons. The SMILES string of the molecule is O=S(=O)(O)OCCS(=O)(=O)c1ccc(O)c(N=Nc2c(O)c(S(=O)(=O)O)cc3cc(SOOO)ccc23)c1. The lowest BCUT2D eigenvalue weighted by Gasteiger charge is -2.10. The van der Waals surface area contributed by atoms with Crippen LogP contribution in [0.1, 0.15) is 0 Å². The largest absolute Gasteiger partial charge is 0.506 e. The fraction of sp³-hybridized carbons (Fsp3) is 0.111. The van der Waals surface area contributed by atoms with Crippen LogP contribution in [0, 0.1) is 0 Å². The predicted octanol–water partition coefficient (Wildman–Crippen LogP) is 2.93. The Morgan fingerprint density at radius 1 is 0.895 bits per heavy atom. The fourth-order valence-electron chi connectivity index (χ4n) is 2.98. The predicted molar refractivity (Wildman–Crippen MR) is 128 cm³/mol.